The van der Waals surface area contributed by atoms with Gasteiger partial charge in [0.25, 0.3) is 0 Å². The van der Waals surface area contributed by atoms with Crippen LogP contribution in [0, 0.1) is 5.92 Å². The normalized spacial score (nSPS) is 17.6. The Balaban J connectivity index is 1.72. The molecule has 3 nitrogen and oxygen atoms in total. The number of hydrogen-bond acceptors (Lipinski definition) is 3. The summed E-state index contributed by atoms with van der Waals surface area (Å²) in [6.45, 7) is 3.89. The van der Waals surface area contributed by atoms with Crippen LogP contribution in [0.2, 0.25) is 10.0 Å². The van der Waals surface area contributed by atoms with Gasteiger partial charge >= 0.3 is 0 Å². The molecule has 1 aromatic carbocycles. The van der Waals surface area contributed by atoms with Gasteiger partial charge in [0.15, 0.2) is 0 Å². The molecule has 1 aliphatic rings. The number of likely N-dealkylation sites (tertiary alicyclic amines) is 1. The first-order chi connectivity index (χ1) is 9.17. The van der Waals surface area contributed by atoms with E-state index < -0.39 is 0 Å². The van der Waals surface area contributed by atoms with Gasteiger partial charge in [-0.25, -0.2) is 0 Å². The number of hydrogen-bond donors (Lipinski definition) is 1. The van der Waals surface area contributed by atoms with Gasteiger partial charge in [0.1, 0.15) is 12.4 Å². The van der Waals surface area contributed by atoms with Crippen LogP contribution in [0.15, 0.2) is 18.2 Å². The Labute approximate surface area is 124 Å². The largest absolute Gasteiger partial charge is 0.492 e. The fourth-order valence-electron chi connectivity index (χ4n) is 2.30. The molecule has 0 aromatic heterocycles. The number of halogens is 2. The SMILES string of the molecule is OCC1CCN(CCOc2cc(Cl)cc(Cl)c2)CC1. The maximum absolute atomic E-state index is 9.09. The van der Waals surface area contributed by atoms with Crippen molar-refractivity contribution in [3.05, 3.63) is 28.2 Å². The highest BCUT2D eigenvalue weighted by Gasteiger charge is 2.17. The Hall–Kier alpha value is -0.480. The van der Waals surface area contributed by atoms with Crippen LogP contribution in [-0.2, 0) is 0 Å². The minimum absolute atomic E-state index is 0.311. The van der Waals surface area contributed by atoms with Crippen LogP contribution in [0.4, 0.5) is 0 Å². The second-order valence-electron chi connectivity index (χ2n) is 4.92. The number of aliphatic hydroxyl groups excluding tert-OH is 1. The number of aliphatic hydroxyl groups is 1. The van der Waals surface area contributed by atoms with Crippen molar-refractivity contribution in [2.24, 2.45) is 5.92 Å². The van der Waals surface area contributed by atoms with Crippen LogP contribution in [-0.4, -0.2) is 42.9 Å². The second-order valence-corrected chi connectivity index (χ2v) is 5.79. The summed E-state index contributed by atoms with van der Waals surface area (Å²) in [6, 6.07) is 5.23. The second kappa shape index (κ2) is 7.34. The molecular formula is C14H19Cl2NO2. The third-order valence-electron chi connectivity index (χ3n) is 3.48. The lowest BCUT2D eigenvalue weighted by Crippen LogP contribution is -2.37. The van der Waals surface area contributed by atoms with Crippen LogP contribution in [0.25, 0.3) is 0 Å². The van der Waals surface area contributed by atoms with Gasteiger partial charge in [-0.05, 0) is 50.0 Å². The number of piperidine rings is 1. The highest BCUT2D eigenvalue weighted by Crippen LogP contribution is 2.24. The first kappa shape index (κ1) is 14.9. The predicted octanol–water partition coefficient (Wildman–Crippen LogP) is 3.08. The number of ether oxygens (including phenoxy) is 1. The summed E-state index contributed by atoms with van der Waals surface area (Å²) in [7, 11) is 0. The van der Waals surface area contributed by atoms with Crippen LogP contribution in [0.1, 0.15) is 12.8 Å². The Morgan fingerprint density at radius 2 is 1.79 bits per heavy atom. The van der Waals surface area contributed by atoms with Crippen molar-refractivity contribution in [2.45, 2.75) is 12.8 Å². The first-order valence-corrected chi connectivity index (χ1v) is 7.35. The van der Waals surface area contributed by atoms with E-state index in [4.69, 9.17) is 33.0 Å². The van der Waals surface area contributed by atoms with E-state index in [0.29, 0.717) is 34.9 Å². The summed E-state index contributed by atoms with van der Waals surface area (Å²) in [4.78, 5) is 2.36. The highest BCUT2D eigenvalue weighted by molar-refractivity contribution is 6.34. The predicted molar refractivity (Wildman–Crippen MR) is 78.2 cm³/mol. The van der Waals surface area contributed by atoms with E-state index in [1.165, 1.54) is 0 Å². The van der Waals surface area contributed by atoms with Crippen LogP contribution in [0.5, 0.6) is 5.75 Å². The average Bonchev–Trinajstić information content (AvgIpc) is 2.38. The zero-order chi connectivity index (χ0) is 13.7. The molecule has 0 saturated carbocycles. The van der Waals surface area contributed by atoms with Gasteiger partial charge in [0.2, 0.25) is 0 Å². The molecule has 1 heterocycles. The third kappa shape index (κ3) is 4.84. The van der Waals surface area contributed by atoms with Gasteiger partial charge < -0.3 is 9.84 Å². The van der Waals surface area contributed by atoms with Crippen LogP contribution < -0.4 is 4.74 Å². The molecule has 0 unspecified atom stereocenters. The standard InChI is InChI=1S/C14H19Cl2NO2/c15-12-7-13(16)9-14(8-12)19-6-5-17-3-1-11(10-18)2-4-17/h7-9,11,18H,1-6,10H2. The number of rotatable bonds is 5. The molecule has 2 rings (SSSR count). The molecule has 1 N–H and O–H groups in total. The first-order valence-electron chi connectivity index (χ1n) is 6.59. The van der Waals surface area contributed by atoms with E-state index in [1.54, 1.807) is 18.2 Å². The molecule has 0 radical (unpaired) electrons. The van der Waals surface area contributed by atoms with E-state index >= 15 is 0 Å². The zero-order valence-electron chi connectivity index (χ0n) is 10.8. The minimum atomic E-state index is 0.311. The maximum Gasteiger partial charge on any atom is 0.122 e. The molecule has 106 valence electrons. The molecule has 0 aliphatic carbocycles. The topological polar surface area (TPSA) is 32.7 Å². The summed E-state index contributed by atoms with van der Waals surface area (Å²) in [6.07, 6.45) is 2.14. The average molecular weight is 304 g/mol. The van der Waals surface area contributed by atoms with Crippen molar-refractivity contribution in [1.82, 2.24) is 4.90 Å². The molecule has 0 bridgehead atoms. The van der Waals surface area contributed by atoms with E-state index in [-0.39, 0.29) is 0 Å². The lowest BCUT2D eigenvalue weighted by atomic mass is 9.98. The molecule has 5 heteroatoms. The quantitative estimate of drug-likeness (QED) is 0.907. The molecule has 1 saturated heterocycles. The Morgan fingerprint density at radius 3 is 2.37 bits per heavy atom. The van der Waals surface area contributed by atoms with Gasteiger partial charge in [0.05, 0.1) is 0 Å². The van der Waals surface area contributed by atoms with Gasteiger partial charge in [-0.2, -0.15) is 0 Å². The fraction of sp³-hybridized carbons (Fsp3) is 0.571. The van der Waals surface area contributed by atoms with E-state index in [1.807, 2.05) is 0 Å². The third-order valence-corrected chi connectivity index (χ3v) is 3.91. The summed E-state index contributed by atoms with van der Waals surface area (Å²) >= 11 is 11.8. The summed E-state index contributed by atoms with van der Waals surface area (Å²) in [5.41, 5.74) is 0. The molecular weight excluding hydrogens is 285 g/mol. The van der Waals surface area contributed by atoms with Crippen LogP contribution in [0.3, 0.4) is 0 Å². The summed E-state index contributed by atoms with van der Waals surface area (Å²) in [5.74, 6) is 1.19. The molecule has 19 heavy (non-hydrogen) atoms. The van der Waals surface area contributed by atoms with Crippen LogP contribution >= 0.6 is 23.2 Å². The van der Waals surface area contributed by atoms with Gasteiger partial charge in [0, 0.05) is 23.2 Å². The van der Waals surface area contributed by atoms with E-state index in [0.717, 1.165) is 32.5 Å². The zero-order valence-corrected chi connectivity index (χ0v) is 12.3. The van der Waals surface area contributed by atoms with Gasteiger partial charge in [-0.1, -0.05) is 23.2 Å². The summed E-state index contributed by atoms with van der Waals surface area (Å²) in [5, 5.41) is 10.3. The Kier molecular flexibility index (Phi) is 5.76. The van der Waals surface area contributed by atoms with E-state index in [2.05, 4.69) is 4.90 Å². The lowest BCUT2D eigenvalue weighted by molar-refractivity contribution is 0.119. The van der Waals surface area contributed by atoms with Gasteiger partial charge in [-0.15, -0.1) is 0 Å². The van der Waals surface area contributed by atoms with Crippen molar-refractivity contribution in [3.8, 4) is 5.75 Å². The van der Waals surface area contributed by atoms with Crippen molar-refractivity contribution < 1.29 is 9.84 Å². The molecule has 1 aromatic rings. The Morgan fingerprint density at radius 1 is 1.16 bits per heavy atom. The lowest BCUT2D eigenvalue weighted by Gasteiger charge is -2.30. The monoisotopic (exact) mass is 303 g/mol. The fourth-order valence-corrected chi connectivity index (χ4v) is 2.80. The summed E-state index contributed by atoms with van der Waals surface area (Å²) < 4.78 is 5.66. The van der Waals surface area contributed by atoms with Crippen molar-refractivity contribution in [1.29, 1.82) is 0 Å². The molecule has 0 spiro atoms. The Bertz CT molecular complexity index is 386. The molecule has 0 amide bonds. The highest BCUT2D eigenvalue weighted by atomic mass is 35.5. The molecule has 1 fully saturated rings. The van der Waals surface area contributed by atoms with Crippen molar-refractivity contribution in [2.75, 3.05) is 32.8 Å². The minimum Gasteiger partial charge on any atom is -0.492 e. The number of nitrogens with zero attached hydrogens (tertiary/aromatic N) is 1. The van der Waals surface area contributed by atoms with Gasteiger partial charge in [-0.3, -0.25) is 4.90 Å². The molecule has 1 aliphatic heterocycles. The maximum atomic E-state index is 9.09. The van der Waals surface area contributed by atoms with Crippen molar-refractivity contribution in [3.63, 3.8) is 0 Å². The molecule has 0 atom stereocenters. The van der Waals surface area contributed by atoms with E-state index in [9.17, 15) is 0 Å². The smallest absolute Gasteiger partial charge is 0.122 e. The number of benzene rings is 1. The van der Waals surface area contributed by atoms with Crippen molar-refractivity contribution >= 4 is 23.2 Å².